The molecule has 0 aliphatic carbocycles. The van der Waals surface area contributed by atoms with Gasteiger partial charge in [-0.05, 0) is 30.2 Å². The molecule has 17 heavy (non-hydrogen) atoms. The molecule has 0 amide bonds. The van der Waals surface area contributed by atoms with E-state index in [9.17, 15) is 4.79 Å². The predicted molar refractivity (Wildman–Crippen MR) is 67.8 cm³/mol. The monoisotopic (exact) mass is 232 g/mol. The van der Waals surface area contributed by atoms with E-state index in [2.05, 4.69) is 6.58 Å². The molecule has 3 heteroatoms. The summed E-state index contributed by atoms with van der Waals surface area (Å²) in [6.45, 7) is 3.92. The normalized spacial score (nSPS) is 10.2. The van der Waals surface area contributed by atoms with Gasteiger partial charge in [0.2, 0.25) is 0 Å². The van der Waals surface area contributed by atoms with Crippen molar-refractivity contribution >= 4 is 12.0 Å². The molecule has 0 heterocycles. The van der Waals surface area contributed by atoms with Crippen LogP contribution in [0.3, 0.4) is 0 Å². The Bertz CT molecular complexity index is 390. The van der Waals surface area contributed by atoms with E-state index in [0.717, 1.165) is 11.3 Å². The highest BCUT2D eigenvalue weighted by Crippen LogP contribution is 2.12. The second-order valence-electron chi connectivity index (χ2n) is 3.35. The van der Waals surface area contributed by atoms with Gasteiger partial charge in [0.05, 0.1) is 13.7 Å². The summed E-state index contributed by atoms with van der Waals surface area (Å²) in [5.41, 5.74) is 0.923. The zero-order chi connectivity index (χ0) is 12.5. The first kappa shape index (κ1) is 13.0. The maximum absolute atomic E-state index is 11.2. The maximum atomic E-state index is 11.2. The second kappa shape index (κ2) is 7.28. The molecule has 1 rings (SSSR count). The number of benzene rings is 1. The predicted octanol–water partition coefficient (Wildman–Crippen LogP) is 2.83. The first-order chi connectivity index (χ1) is 8.26. The summed E-state index contributed by atoms with van der Waals surface area (Å²) >= 11 is 0. The van der Waals surface area contributed by atoms with Crippen molar-refractivity contribution in [2.75, 3.05) is 13.7 Å². The molecule has 1 aromatic carbocycles. The Labute approximate surface area is 101 Å². The van der Waals surface area contributed by atoms with Crippen molar-refractivity contribution in [1.29, 1.82) is 0 Å². The van der Waals surface area contributed by atoms with Gasteiger partial charge in [0.25, 0.3) is 0 Å². The van der Waals surface area contributed by atoms with Gasteiger partial charge in [0.1, 0.15) is 5.75 Å². The Hall–Kier alpha value is -2.03. The fourth-order valence-corrected chi connectivity index (χ4v) is 1.17. The fraction of sp³-hybridized carbons (Fsp3) is 0.214. The lowest BCUT2D eigenvalue weighted by Gasteiger charge is -2.00. The lowest BCUT2D eigenvalue weighted by atomic mass is 10.2. The molecule has 1 aromatic rings. The summed E-state index contributed by atoms with van der Waals surface area (Å²) in [6, 6.07) is 7.41. The smallest absolute Gasteiger partial charge is 0.330 e. The average Bonchev–Trinajstić information content (AvgIpc) is 2.37. The van der Waals surface area contributed by atoms with Crippen LogP contribution in [0.15, 0.2) is 43.0 Å². The van der Waals surface area contributed by atoms with E-state index in [-0.39, 0.29) is 5.97 Å². The van der Waals surface area contributed by atoms with Crippen molar-refractivity contribution in [3.05, 3.63) is 48.6 Å². The van der Waals surface area contributed by atoms with Crippen LogP contribution in [0.5, 0.6) is 5.75 Å². The van der Waals surface area contributed by atoms with E-state index in [1.165, 1.54) is 6.08 Å². The third-order valence-electron chi connectivity index (χ3n) is 2.09. The van der Waals surface area contributed by atoms with E-state index in [0.29, 0.717) is 13.0 Å². The topological polar surface area (TPSA) is 35.5 Å². The Morgan fingerprint density at radius 2 is 2.06 bits per heavy atom. The molecule has 0 N–H and O–H groups in total. The molecule has 0 unspecified atom stereocenters. The van der Waals surface area contributed by atoms with Crippen LogP contribution in [0.1, 0.15) is 12.0 Å². The van der Waals surface area contributed by atoms with Gasteiger partial charge in [-0.2, -0.15) is 0 Å². The number of methoxy groups -OCH3 is 1. The molecule has 0 aromatic heterocycles. The molecule has 0 saturated carbocycles. The Kier molecular flexibility index (Phi) is 5.58. The van der Waals surface area contributed by atoms with E-state index in [1.807, 2.05) is 24.3 Å². The number of ether oxygens (including phenoxy) is 2. The number of rotatable bonds is 6. The SMILES string of the molecule is C=CCCOC(=O)C=Cc1ccc(OC)cc1. The summed E-state index contributed by atoms with van der Waals surface area (Å²) in [5.74, 6) is 0.443. The summed E-state index contributed by atoms with van der Waals surface area (Å²) in [7, 11) is 1.61. The van der Waals surface area contributed by atoms with Crippen molar-refractivity contribution in [3.8, 4) is 5.75 Å². The summed E-state index contributed by atoms with van der Waals surface area (Å²) < 4.78 is 9.96. The Morgan fingerprint density at radius 1 is 1.35 bits per heavy atom. The van der Waals surface area contributed by atoms with Crippen LogP contribution in [0.25, 0.3) is 6.08 Å². The van der Waals surface area contributed by atoms with Gasteiger partial charge >= 0.3 is 5.97 Å². The third kappa shape index (κ3) is 5.02. The number of hydrogen-bond donors (Lipinski definition) is 0. The minimum Gasteiger partial charge on any atom is -0.497 e. The van der Waals surface area contributed by atoms with Crippen LogP contribution in [0.4, 0.5) is 0 Å². The molecule has 0 aliphatic rings. The largest absolute Gasteiger partial charge is 0.497 e. The highest BCUT2D eigenvalue weighted by molar-refractivity contribution is 5.87. The number of hydrogen-bond acceptors (Lipinski definition) is 3. The van der Waals surface area contributed by atoms with E-state index in [4.69, 9.17) is 9.47 Å². The average molecular weight is 232 g/mol. The highest BCUT2D eigenvalue weighted by Gasteiger charge is 1.95. The standard InChI is InChI=1S/C14H16O3/c1-3-4-11-17-14(15)10-7-12-5-8-13(16-2)9-6-12/h3,5-10H,1,4,11H2,2H3. The lowest BCUT2D eigenvalue weighted by molar-refractivity contribution is -0.137. The zero-order valence-corrected chi connectivity index (χ0v) is 9.89. The molecule has 0 atom stereocenters. The van der Waals surface area contributed by atoms with Gasteiger partial charge in [-0.15, -0.1) is 6.58 Å². The van der Waals surface area contributed by atoms with Crippen LogP contribution in [0.2, 0.25) is 0 Å². The van der Waals surface area contributed by atoms with Crippen LogP contribution >= 0.6 is 0 Å². The Morgan fingerprint density at radius 3 is 2.65 bits per heavy atom. The molecule has 0 spiro atoms. The summed E-state index contributed by atoms with van der Waals surface area (Å²) in [6.07, 6.45) is 5.49. The molecule has 0 aliphatic heterocycles. The number of esters is 1. The second-order valence-corrected chi connectivity index (χ2v) is 3.35. The minimum atomic E-state index is -0.345. The lowest BCUT2D eigenvalue weighted by Crippen LogP contribution is -2.00. The van der Waals surface area contributed by atoms with Crippen LogP contribution in [0, 0.1) is 0 Å². The van der Waals surface area contributed by atoms with Gasteiger partial charge in [-0.25, -0.2) is 4.79 Å². The van der Waals surface area contributed by atoms with Crippen LogP contribution in [-0.2, 0) is 9.53 Å². The van der Waals surface area contributed by atoms with Crippen molar-refractivity contribution in [2.45, 2.75) is 6.42 Å². The molecular formula is C14H16O3. The fourth-order valence-electron chi connectivity index (χ4n) is 1.17. The van der Waals surface area contributed by atoms with Gasteiger partial charge < -0.3 is 9.47 Å². The molecular weight excluding hydrogens is 216 g/mol. The van der Waals surface area contributed by atoms with Gasteiger partial charge in [-0.3, -0.25) is 0 Å². The van der Waals surface area contributed by atoms with Crippen LogP contribution in [-0.4, -0.2) is 19.7 Å². The molecule has 3 nitrogen and oxygen atoms in total. The molecule has 90 valence electrons. The van der Waals surface area contributed by atoms with Crippen molar-refractivity contribution in [1.82, 2.24) is 0 Å². The van der Waals surface area contributed by atoms with Gasteiger partial charge in [-0.1, -0.05) is 18.2 Å². The number of carbonyl (C=O) groups excluding carboxylic acids is 1. The maximum Gasteiger partial charge on any atom is 0.330 e. The first-order valence-corrected chi connectivity index (χ1v) is 5.36. The van der Waals surface area contributed by atoms with Crippen LogP contribution < -0.4 is 4.74 Å². The quantitative estimate of drug-likeness (QED) is 0.327. The molecule has 0 fully saturated rings. The number of carbonyl (C=O) groups is 1. The van der Waals surface area contributed by atoms with E-state index < -0.39 is 0 Å². The summed E-state index contributed by atoms with van der Waals surface area (Å²) in [5, 5.41) is 0. The minimum absolute atomic E-state index is 0.345. The Balaban J connectivity index is 2.46. The van der Waals surface area contributed by atoms with Crippen molar-refractivity contribution < 1.29 is 14.3 Å². The van der Waals surface area contributed by atoms with Gasteiger partial charge in [0.15, 0.2) is 0 Å². The summed E-state index contributed by atoms with van der Waals surface area (Å²) in [4.78, 5) is 11.2. The third-order valence-corrected chi connectivity index (χ3v) is 2.09. The molecule has 0 saturated heterocycles. The highest BCUT2D eigenvalue weighted by atomic mass is 16.5. The molecule has 0 radical (unpaired) electrons. The van der Waals surface area contributed by atoms with E-state index in [1.54, 1.807) is 19.3 Å². The molecule has 0 bridgehead atoms. The van der Waals surface area contributed by atoms with Gasteiger partial charge in [0, 0.05) is 6.08 Å². The van der Waals surface area contributed by atoms with Crippen molar-refractivity contribution in [3.63, 3.8) is 0 Å². The van der Waals surface area contributed by atoms with Crippen molar-refractivity contribution in [2.24, 2.45) is 0 Å². The first-order valence-electron chi connectivity index (χ1n) is 5.36. The van der Waals surface area contributed by atoms with E-state index >= 15 is 0 Å². The zero-order valence-electron chi connectivity index (χ0n) is 9.89.